The molecule has 1 aromatic carbocycles. The molecule has 20 heavy (non-hydrogen) atoms. The van der Waals surface area contributed by atoms with Gasteiger partial charge in [0.05, 0.1) is 11.7 Å². The molecule has 0 saturated carbocycles. The van der Waals surface area contributed by atoms with E-state index in [4.69, 9.17) is 0 Å². The predicted molar refractivity (Wildman–Crippen MR) is 87.4 cm³/mol. The van der Waals surface area contributed by atoms with E-state index in [0.717, 1.165) is 0 Å². The summed E-state index contributed by atoms with van der Waals surface area (Å²) in [5, 5.41) is 4.68. The first-order valence-corrected chi connectivity index (χ1v) is 7.40. The summed E-state index contributed by atoms with van der Waals surface area (Å²) in [4.78, 5) is 0. The van der Waals surface area contributed by atoms with Crippen molar-refractivity contribution < 1.29 is 0 Å². The van der Waals surface area contributed by atoms with Crippen LogP contribution in [-0.2, 0) is 0 Å². The van der Waals surface area contributed by atoms with Crippen LogP contribution in [0.15, 0.2) is 53.3 Å². The van der Waals surface area contributed by atoms with Crippen LogP contribution in [0.25, 0.3) is 0 Å². The zero-order valence-corrected chi connectivity index (χ0v) is 13.5. The molecular formula is C18H26N2. The third-order valence-corrected chi connectivity index (χ3v) is 4.30. The van der Waals surface area contributed by atoms with Crippen molar-refractivity contribution in [2.45, 2.75) is 40.7 Å². The zero-order valence-electron chi connectivity index (χ0n) is 13.5. The van der Waals surface area contributed by atoms with Crippen molar-refractivity contribution in [3.8, 4) is 0 Å². The number of nitrogens with zero attached hydrogens (tertiary/aromatic N) is 2. The molecule has 1 aliphatic rings. The summed E-state index contributed by atoms with van der Waals surface area (Å²) in [6, 6.07) is 11.0. The topological polar surface area (TPSA) is 6.48 Å². The first-order valence-electron chi connectivity index (χ1n) is 7.40. The van der Waals surface area contributed by atoms with Crippen LogP contribution < -0.4 is 5.01 Å². The number of rotatable bonds is 3. The van der Waals surface area contributed by atoms with Gasteiger partial charge in [-0.1, -0.05) is 38.1 Å². The highest BCUT2D eigenvalue weighted by Gasteiger charge is 2.35. The van der Waals surface area contributed by atoms with Gasteiger partial charge in [-0.05, 0) is 50.0 Å². The Bertz CT molecular complexity index is 526. The van der Waals surface area contributed by atoms with Crippen molar-refractivity contribution in [1.29, 1.82) is 0 Å². The molecule has 2 nitrogen and oxygen atoms in total. The van der Waals surface area contributed by atoms with Crippen molar-refractivity contribution >= 4 is 5.69 Å². The molecule has 0 saturated heterocycles. The summed E-state index contributed by atoms with van der Waals surface area (Å²) >= 11 is 0. The third-order valence-electron chi connectivity index (χ3n) is 4.30. The van der Waals surface area contributed by atoms with Crippen molar-refractivity contribution in [3.63, 3.8) is 0 Å². The zero-order chi connectivity index (χ0) is 14.9. The molecule has 1 aromatic rings. The van der Waals surface area contributed by atoms with Gasteiger partial charge in [0.15, 0.2) is 0 Å². The van der Waals surface area contributed by atoms with Crippen LogP contribution in [0.2, 0.25) is 0 Å². The molecular weight excluding hydrogens is 244 g/mol. The lowest BCUT2D eigenvalue weighted by molar-refractivity contribution is 0.311. The molecule has 1 unspecified atom stereocenters. The van der Waals surface area contributed by atoms with Gasteiger partial charge in [0.25, 0.3) is 0 Å². The Kier molecular flexibility index (Phi) is 4.34. The van der Waals surface area contributed by atoms with Crippen LogP contribution >= 0.6 is 0 Å². The Labute approximate surface area is 123 Å². The second kappa shape index (κ2) is 5.84. The summed E-state index contributed by atoms with van der Waals surface area (Å²) in [6.45, 7) is 11.2. The first-order chi connectivity index (χ1) is 9.49. The van der Waals surface area contributed by atoms with E-state index in [1.54, 1.807) is 0 Å². The van der Waals surface area contributed by atoms with E-state index in [0.29, 0.717) is 12.0 Å². The van der Waals surface area contributed by atoms with E-state index in [2.05, 4.69) is 88.1 Å². The van der Waals surface area contributed by atoms with Crippen LogP contribution in [0.4, 0.5) is 5.69 Å². The van der Waals surface area contributed by atoms with Gasteiger partial charge in [0, 0.05) is 12.7 Å². The Morgan fingerprint density at radius 3 is 2.25 bits per heavy atom. The summed E-state index contributed by atoms with van der Waals surface area (Å²) in [7, 11) is 2.18. The van der Waals surface area contributed by atoms with Crippen molar-refractivity contribution in [3.05, 3.63) is 53.3 Å². The molecule has 1 atom stereocenters. The lowest BCUT2D eigenvalue weighted by Crippen LogP contribution is -2.41. The lowest BCUT2D eigenvalue weighted by Gasteiger charge is -2.34. The number of likely N-dealkylation sites (N-methyl/N-ethyl adjacent to an activating group) is 1. The van der Waals surface area contributed by atoms with Gasteiger partial charge in [0.1, 0.15) is 0 Å². The van der Waals surface area contributed by atoms with Gasteiger partial charge in [-0.2, -0.15) is 0 Å². The van der Waals surface area contributed by atoms with E-state index >= 15 is 0 Å². The largest absolute Gasteiger partial charge is 0.278 e. The maximum atomic E-state index is 2.36. The number of hydrogen-bond acceptors (Lipinski definition) is 2. The van der Waals surface area contributed by atoms with Crippen molar-refractivity contribution in [2.75, 3.05) is 12.1 Å². The van der Waals surface area contributed by atoms with E-state index in [1.807, 2.05) is 0 Å². The van der Waals surface area contributed by atoms with Crippen LogP contribution in [0, 0.1) is 5.92 Å². The van der Waals surface area contributed by atoms with E-state index in [1.165, 1.54) is 22.5 Å². The molecule has 0 aliphatic carbocycles. The minimum Gasteiger partial charge on any atom is -0.278 e. The predicted octanol–water partition coefficient (Wildman–Crippen LogP) is 4.62. The van der Waals surface area contributed by atoms with E-state index in [-0.39, 0.29) is 0 Å². The minimum atomic E-state index is 0.375. The van der Waals surface area contributed by atoms with Crippen LogP contribution in [0.3, 0.4) is 0 Å². The summed E-state index contributed by atoms with van der Waals surface area (Å²) in [6.07, 6.45) is 2.27. The summed E-state index contributed by atoms with van der Waals surface area (Å²) in [5.74, 6) is 0.561. The number of hydrogen-bond donors (Lipinski definition) is 0. The molecule has 1 heterocycles. The van der Waals surface area contributed by atoms with Crippen molar-refractivity contribution in [2.24, 2.45) is 5.92 Å². The number of benzene rings is 1. The smallest absolute Gasteiger partial charge is 0.0733 e. The van der Waals surface area contributed by atoms with Crippen molar-refractivity contribution in [1.82, 2.24) is 5.01 Å². The Hall–Kier alpha value is -1.54. The summed E-state index contributed by atoms with van der Waals surface area (Å²) < 4.78 is 0. The average Bonchev–Trinajstić information content (AvgIpc) is 2.64. The maximum absolute atomic E-state index is 2.36. The number of allylic oxidation sites excluding steroid dienone is 2. The van der Waals surface area contributed by atoms with Crippen LogP contribution in [0.5, 0.6) is 0 Å². The van der Waals surface area contributed by atoms with Gasteiger partial charge in [-0.15, -0.1) is 0 Å². The molecule has 0 aromatic heterocycles. The molecule has 0 bridgehead atoms. The highest BCUT2D eigenvalue weighted by atomic mass is 15.6. The van der Waals surface area contributed by atoms with Gasteiger partial charge in [0.2, 0.25) is 0 Å². The molecule has 2 rings (SSSR count). The number of anilines is 1. The third kappa shape index (κ3) is 2.40. The van der Waals surface area contributed by atoms with Crippen LogP contribution in [-0.4, -0.2) is 18.1 Å². The van der Waals surface area contributed by atoms with Gasteiger partial charge >= 0.3 is 0 Å². The molecule has 1 aliphatic heterocycles. The fourth-order valence-corrected chi connectivity index (χ4v) is 3.21. The maximum Gasteiger partial charge on any atom is 0.0733 e. The molecule has 0 spiro atoms. The number of para-hydroxylation sites is 1. The highest BCUT2D eigenvalue weighted by molar-refractivity contribution is 5.55. The van der Waals surface area contributed by atoms with E-state index in [9.17, 15) is 0 Å². The second-order valence-electron chi connectivity index (χ2n) is 5.84. The monoisotopic (exact) mass is 270 g/mol. The summed E-state index contributed by atoms with van der Waals surface area (Å²) in [5.41, 5.74) is 5.50. The Morgan fingerprint density at radius 1 is 1.15 bits per heavy atom. The van der Waals surface area contributed by atoms with E-state index < -0.39 is 0 Å². The van der Waals surface area contributed by atoms with Gasteiger partial charge < -0.3 is 0 Å². The fraction of sp³-hybridized carbons (Fsp3) is 0.444. The SMILES string of the molecule is C/C=C(\C(C)C)C1C(C)=C(C)N(c2ccccc2)N1C. The number of hydrazine groups is 1. The fourth-order valence-electron chi connectivity index (χ4n) is 3.21. The molecule has 108 valence electrons. The molecule has 0 fully saturated rings. The highest BCUT2D eigenvalue weighted by Crippen LogP contribution is 2.37. The van der Waals surface area contributed by atoms with Gasteiger partial charge in [-0.3, -0.25) is 5.01 Å². The molecule has 0 N–H and O–H groups in total. The van der Waals surface area contributed by atoms with Crippen LogP contribution in [0.1, 0.15) is 34.6 Å². The standard InChI is InChI=1S/C18H26N2/c1-7-17(13(2)3)18-14(4)15(5)20(19(18)6)16-11-9-8-10-12-16/h7-13,18H,1-6H3/b17-7+. The molecule has 2 heteroatoms. The quantitative estimate of drug-likeness (QED) is 0.740. The normalized spacial score (nSPS) is 21.2. The lowest BCUT2D eigenvalue weighted by atomic mass is 9.91. The minimum absolute atomic E-state index is 0.375. The Morgan fingerprint density at radius 2 is 1.75 bits per heavy atom. The Balaban J connectivity index is 2.42. The second-order valence-corrected chi connectivity index (χ2v) is 5.84. The molecule has 0 radical (unpaired) electrons. The average molecular weight is 270 g/mol. The first kappa shape index (κ1) is 14.9. The van der Waals surface area contributed by atoms with Gasteiger partial charge in [-0.25, -0.2) is 5.01 Å². The molecule has 0 amide bonds.